The van der Waals surface area contributed by atoms with Crippen LogP contribution in [-0.4, -0.2) is 43.3 Å². The van der Waals surface area contributed by atoms with E-state index in [1.807, 2.05) is 37.3 Å². The maximum Gasteiger partial charge on any atom is 0.239 e. The number of benzene rings is 1. The van der Waals surface area contributed by atoms with Crippen LogP contribution in [0.3, 0.4) is 0 Å². The molecular weight excluding hydrogens is 372 g/mol. The summed E-state index contributed by atoms with van der Waals surface area (Å²) in [5.41, 5.74) is 2.89. The molecule has 0 aliphatic carbocycles. The molecule has 4 rings (SSSR count). The normalized spacial score (nSPS) is 19.9. The predicted molar refractivity (Wildman–Crippen MR) is 113 cm³/mol. The van der Waals surface area contributed by atoms with E-state index in [0.29, 0.717) is 19.5 Å². The number of para-hydroxylation sites is 1. The molecule has 1 saturated heterocycles. The van der Waals surface area contributed by atoms with Crippen LogP contribution in [-0.2, 0) is 16.4 Å². The standard InChI is InChI=1S/C21H28N4O2S/c1-15(2)21-22-16(3)13-20(23-21)24-11-6-8-18(14-24)28(26,27)25-12-10-17-7-4-5-9-19(17)25/h4-5,7,9,13,15,18H,6,8,10-12,14H2,1-3H3. The summed E-state index contributed by atoms with van der Waals surface area (Å²) >= 11 is 0. The lowest BCUT2D eigenvalue weighted by Gasteiger charge is -2.35. The molecule has 1 fully saturated rings. The molecule has 1 aromatic carbocycles. The Morgan fingerprint density at radius 3 is 2.71 bits per heavy atom. The Hall–Kier alpha value is -2.15. The summed E-state index contributed by atoms with van der Waals surface area (Å²) in [6.07, 6.45) is 2.33. The van der Waals surface area contributed by atoms with Gasteiger partial charge in [-0.15, -0.1) is 0 Å². The molecule has 0 radical (unpaired) electrons. The number of nitrogens with zero attached hydrogens (tertiary/aromatic N) is 4. The number of piperidine rings is 1. The second kappa shape index (κ2) is 7.35. The molecule has 1 atom stereocenters. The average Bonchev–Trinajstić information content (AvgIpc) is 3.12. The number of fused-ring (bicyclic) bond motifs is 1. The van der Waals surface area contributed by atoms with Crippen molar-refractivity contribution in [2.24, 2.45) is 0 Å². The highest BCUT2D eigenvalue weighted by molar-refractivity contribution is 7.93. The Kier molecular flexibility index (Phi) is 5.04. The molecule has 6 nitrogen and oxygen atoms in total. The summed E-state index contributed by atoms with van der Waals surface area (Å²) in [5.74, 6) is 1.90. The van der Waals surface area contributed by atoms with Crippen molar-refractivity contribution in [3.8, 4) is 0 Å². The van der Waals surface area contributed by atoms with E-state index < -0.39 is 15.3 Å². The zero-order valence-corrected chi connectivity index (χ0v) is 17.6. The quantitative estimate of drug-likeness (QED) is 0.788. The molecule has 2 aromatic rings. The highest BCUT2D eigenvalue weighted by Crippen LogP contribution is 2.33. The van der Waals surface area contributed by atoms with Crippen LogP contribution < -0.4 is 9.21 Å². The molecule has 3 heterocycles. The van der Waals surface area contributed by atoms with Gasteiger partial charge in [0.2, 0.25) is 10.0 Å². The van der Waals surface area contributed by atoms with Crippen LogP contribution in [0.4, 0.5) is 11.5 Å². The zero-order chi connectivity index (χ0) is 19.9. The van der Waals surface area contributed by atoms with Crippen LogP contribution in [0.25, 0.3) is 0 Å². The van der Waals surface area contributed by atoms with Gasteiger partial charge in [-0.25, -0.2) is 18.4 Å². The van der Waals surface area contributed by atoms with Crippen LogP contribution in [0.5, 0.6) is 0 Å². The van der Waals surface area contributed by atoms with E-state index in [2.05, 4.69) is 23.7 Å². The number of aromatic nitrogens is 2. The molecule has 0 amide bonds. The number of anilines is 2. The van der Waals surface area contributed by atoms with Crippen LogP contribution in [0.1, 0.15) is 49.7 Å². The van der Waals surface area contributed by atoms with Crippen LogP contribution in [0.2, 0.25) is 0 Å². The van der Waals surface area contributed by atoms with Gasteiger partial charge in [-0.2, -0.15) is 0 Å². The van der Waals surface area contributed by atoms with Crippen molar-refractivity contribution in [2.45, 2.75) is 51.2 Å². The molecule has 7 heteroatoms. The summed E-state index contributed by atoms with van der Waals surface area (Å²) in [7, 11) is -3.40. The Labute approximate surface area is 167 Å². The molecule has 28 heavy (non-hydrogen) atoms. The van der Waals surface area contributed by atoms with Gasteiger partial charge in [-0.1, -0.05) is 32.0 Å². The third-order valence-corrected chi connectivity index (χ3v) is 7.87. The van der Waals surface area contributed by atoms with Gasteiger partial charge in [0.1, 0.15) is 11.6 Å². The second-order valence-electron chi connectivity index (χ2n) is 8.09. The van der Waals surface area contributed by atoms with Crippen LogP contribution in [0, 0.1) is 6.92 Å². The summed E-state index contributed by atoms with van der Waals surface area (Å²) in [5, 5.41) is -0.412. The van der Waals surface area contributed by atoms with E-state index in [1.165, 1.54) is 0 Å². The van der Waals surface area contributed by atoms with Crippen molar-refractivity contribution in [2.75, 3.05) is 28.8 Å². The fourth-order valence-corrected chi connectivity index (χ4v) is 6.13. The smallest absolute Gasteiger partial charge is 0.239 e. The Balaban J connectivity index is 1.59. The van der Waals surface area contributed by atoms with E-state index in [9.17, 15) is 8.42 Å². The molecule has 1 unspecified atom stereocenters. The zero-order valence-electron chi connectivity index (χ0n) is 16.8. The third-order valence-electron chi connectivity index (χ3n) is 5.65. The molecule has 0 bridgehead atoms. The Morgan fingerprint density at radius 1 is 1.14 bits per heavy atom. The van der Waals surface area contributed by atoms with E-state index in [0.717, 1.165) is 48.0 Å². The topological polar surface area (TPSA) is 66.4 Å². The van der Waals surface area contributed by atoms with Crippen molar-refractivity contribution >= 4 is 21.5 Å². The first-order valence-electron chi connectivity index (χ1n) is 10.1. The van der Waals surface area contributed by atoms with E-state index in [4.69, 9.17) is 4.98 Å². The van der Waals surface area contributed by atoms with E-state index in [1.54, 1.807) is 4.31 Å². The summed E-state index contributed by atoms with van der Waals surface area (Å²) in [6, 6.07) is 9.79. The minimum Gasteiger partial charge on any atom is -0.355 e. The largest absolute Gasteiger partial charge is 0.355 e. The first-order chi connectivity index (χ1) is 13.4. The lowest BCUT2D eigenvalue weighted by Crippen LogP contribution is -2.48. The highest BCUT2D eigenvalue weighted by atomic mass is 32.2. The fourth-order valence-electron chi connectivity index (χ4n) is 4.14. The highest BCUT2D eigenvalue weighted by Gasteiger charge is 2.38. The maximum absolute atomic E-state index is 13.4. The molecule has 2 aliphatic rings. The Bertz CT molecular complexity index is 974. The monoisotopic (exact) mass is 400 g/mol. The molecule has 0 spiro atoms. The van der Waals surface area contributed by atoms with Crippen molar-refractivity contribution < 1.29 is 8.42 Å². The van der Waals surface area contributed by atoms with Gasteiger partial charge in [0.15, 0.2) is 0 Å². The van der Waals surface area contributed by atoms with Crippen LogP contribution in [0.15, 0.2) is 30.3 Å². The van der Waals surface area contributed by atoms with Crippen LogP contribution >= 0.6 is 0 Å². The lowest BCUT2D eigenvalue weighted by molar-refractivity contribution is 0.526. The third kappa shape index (κ3) is 3.48. The summed E-state index contributed by atoms with van der Waals surface area (Å²) in [4.78, 5) is 11.4. The average molecular weight is 401 g/mol. The van der Waals surface area contributed by atoms with Gasteiger partial charge in [-0.05, 0) is 37.8 Å². The van der Waals surface area contributed by atoms with Gasteiger partial charge in [0, 0.05) is 37.3 Å². The predicted octanol–water partition coefficient (Wildman–Crippen LogP) is 3.27. The number of sulfonamides is 1. The first kappa shape index (κ1) is 19.2. The minimum atomic E-state index is -3.40. The van der Waals surface area contributed by atoms with Gasteiger partial charge in [0.05, 0.1) is 10.9 Å². The molecule has 2 aliphatic heterocycles. The summed E-state index contributed by atoms with van der Waals surface area (Å²) in [6.45, 7) is 7.98. The van der Waals surface area contributed by atoms with Gasteiger partial charge in [0.25, 0.3) is 0 Å². The number of hydrogen-bond donors (Lipinski definition) is 0. The van der Waals surface area contributed by atoms with E-state index >= 15 is 0 Å². The second-order valence-corrected chi connectivity index (χ2v) is 10.2. The molecular formula is C21H28N4O2S. The maximum atomic E-state index is 13.4. The SMILES string of the molecule is Cc1cc(N2CCCC(S(=O)(=O)N3CCc4ccccc43)C2)nc(C(C)C)n1. The van der Waals surface area contributed by atoms with E-state index in [-0.39, 0.29) is 5.92 Å². The lowest BCUT2D eigenvalue weighted by atomic mass is 10.1. The van der Waals surface area contributed by atoms with Crippen molar-refractivity contribution in [1.82, 2.24) is 9.97 Å². The molecule has 1 aromatic heterocycles. The molecule has 0 saturated carbocycles. The Morgan fingerprint density at radius 2 is 1.93 bits per heavy atom. The molecule has 0 N–H and O–H groups in total. The van der Waals surface area contributed by atoms with Gasteiger partial charge < -0.3 is 4.90 Å². The number of rotatable bonds is 4. The first-order valence-corrected chi connectivity index (χ1v) is 11.6. The number of aryl methyl sites for hydroxylation is 1. The van der Waals surface area contributed by atoms with Crippen molar-refractivity contribution in [3.05, 3.63) is 47.4 Å². The fraction of sp³-hybridized carbons (Fsp3) is 0.524. The van der Waals surface area contributed by atoms with Crippen molar-refractivity contribution in [1.29, 1.82) is 0 Å². The summed E-state index contributed by atoms with van der Waals surface area (Å²) < 4.78 is 28.5. The van der Waals surface area contributed by atoms with Gasteiger partial charge in [-0.3, -0.25) is 4.31 Å². The minimum absolute atomic E-state index is 0.240. The molecule has 150 valence electrons. The van der Waals surface area contributed by atoms with Crippen molar-refractivity contribution in [3.63, 3.8) is 0 Å². The van der Waals surface area contributed by atoms with Gasteiger partial charge >= 0.3 is 0 Å². The number of hydrogen-bond acceptors (Lipinski definition) is 5.